The molecule has 3 aliphatic rings. The van der Waals surface area contributed by atoms with Gasteiger partial charge in [-0.05, 0) is 82.3 Å². The number of halogens is 2. The van der Waals surface area contributed by atoms with Crippen molar-refractivity contribution in [3.05, 3.63) is 95.9 Å². The van der Waals surface area contributed by atoms with Crippen molar-refractivity contribution in [1.29, 1.82) is 0 Å². The zero-order valence-electron chi connectivity index (χ0n) is 31.7. The topological polar surface area (TPSA) is 134 Å². The van der Waals surface area contributed by atoms with Crippen LogP contribution in [-0.4, -0.2) is 102 Å². The van der Waals surface area contributed by atoms with Crippen LogP contribution in [0.4, 0.5) is 26.0 Å². The summed E-state index contributed by atoms with van der Waals surface area (Å²) in [7, 11) is 0. The van der Waals surface area contributed by atoms with Gasteiger partial charge in [-0.3, -0.25) is 28.9 Å². The van der Waals surface area contributed by atoms with Crippen molar-refractivity contribution >= 4 is 34.1 Å². The highest BCUT2D eigenvalue weighted by Gasteiger charge is 2.33. The van der Waals surface area contributed by atoms with Crippen molar-refractivity contribution in [2.75, 3.05) is 75.9 Å². The number of fused-ring (bicyclic) bond motifs is 1. The second-order valence-electron chi connectivity index (χ2n) is 15.0. The quantitative estimate of drug-likeness (QED) is 0.150. The zero-order valence-corrected chi connectivity index (χ0v) is 31.7. The van der Waals surface area contributed by atoms with Crippen LogP contribution < -0.4 is 26.9 Å². The average molecular weight is 762 g/mol. The van der Waals surface area contributed by atoms with Gasteiger partial charge in [0.2, 0.25) is 5.43 Å². The number of esters is 1. The van der Waals surface area contributed by atoms with Crippen LogP contribution in [0.3, 0.4) is 0 Å². The van der Waals surface area contributed by atoms with Gasteiger partial charge in [0, 0.05) is 75.8 Å². The number of carbonyl (C=O) groups is 1. The van der Waals surface area contributed by atoms with E-state index in [0.717, 1.165) is 48.8 Å². The molecule has 1 aliphatic carbocycles. The van der Waals surface area contributed by atoms with Crippen LogP contribution in [0.2, 0.25) is 0 Å². The Labute approximate surface area is 317 Å². The van der Waals surface area contributed by atoms with Crippen molar-refractivity contribution in [1.82, 2.24) is 23.9 Å². The van der Waals surface area contributed by atoms with E-state index in [2.05, 4.69) is 20.1 Å². The minimum Gasteiger partial charge on any atom is -0.461 e. The fraction of sp³-hybridized carbons (Fsp3) is 0.500. The van der Waals surface area contributed by atoms with E-state index in [1.165, 1.54) is 16.8 Å². The number of pyridine rings is 1. The molecule has 2 aromatic heterocycles. The summed E-state index contributed by atoms with van der Waals surface area (Å²) in [4.78, 5) is 61.0. The lowest BCUT2D eigenvalue weighted by molar-refractivity contribution is 0.0195. The molecule has 2 aromatic carbocycles. The summed E-state index contributed by atoms with van der Waals surface area (Å²) in [5.41, 5.74) is 0.987. The summed E-state index contributed by atoms with van der Waals surface area (Å²) >= 11 is 0. The number of aromatic amines is 1. The van der Waals surface area contributed by atoms with Crippen LogP contribution >= 0.6 is 0 Å². The molecule has 15 heteroatoms. The number of unbranched alkanes of at least 4 members (excludes halogenated alkanes) is 1. The van der Waals surface area contributed by atoms with Crippen molar-refractivity contribution in [3.63, 3.8) is 0 Å². The van der Waals surface area contributed by atoms with Crippen LogP contribution in [-0.2, 0) is 16.0 Å². The number of benzene rings is 2. The van der Waals surface area contributed by atoms with E-state index in [1.807, 2.05) is 39.0 Å². The second kappa shape index (κ2) is 16.5. The molecule has 0 unspecified atom stereocenters. The number of morpholine rings is 1. The van der Waals surface area contributed by atoms with Gasteiger partial charge >= 0.3 is 11.7 Å². The normalized spacial score (nSPS) is 18.2. The molecule has 2 aliphatic heterocycles. The maximum Gasteiger partial charge on any atom is 0.343 e. The Hall–Kier alpha value is -4.86. The third-order valence-corrected chi connectivity index (χ3v) is 11.1. The molecule has 1 atom stereocenters. The van der Waals surface area contributed by atoms with Gasteiger partial charge in [-0.1, -0.05) is 6.07 Å². The van der Waals surface area contributed by atoms with E-state index < -0.39 is 28.7 Å². The van der Waals surface area contributed by atoms with E-state index in [9.17, 15) is 19.2 Å². The summed E-state index contributed by atoms with van der Waals surface area (Å²) in [5, 5.41) is 2.92. The van der Waals surface area contributed by atoms with Gasteiger partial charge in [0.25, 0.3) is 5.56 Å². The van der Waals surface area contributed by atoms with Crippen LogP contribution in [0.25, 0.3) is 10.9 Å². The molecular formula is C40H49F2N7O6. The van der Waals surface area contributed by atoms with Gasteiger partial charge in [-0.2, -0.15) is 0 Å². The summed E-state index contributed by atoms with van der Waals surface area (Å²) in [6.45, 7) is 11.5. The van der Waals surface area contributed by atoms with Gasteiger partial charge in [0.1, 0.15) is 29.5 Å². The van der Waals surface area contributed by atoms with E-state index in [0.29, 0.717) is 64.6 Å². The third-order valence-electron chi connectivity index (χ3n) is 11.1. The number of nitrogens with zero attached hydrogens (tertiary/aromatic N) is 5. The number of H-pyrrole nitrogens is 1. The van der Waals surface area contributed by atoms with Crippen molar-refractivity contribution < 1.29 is 23.0 Å². The highest BCUT2D eigenvalue weighted by molar-refractivity contribution is 5.95. The first kappa shape index (κ1) is 38.4. The Morgan fingerprint density at radius 2 is 1.73 bits per heavy atom. The summed E-state index contributed by atoms with van der Waals surface area (Å²) in [6, 6.07) is 8.11. The number of ether oxygens (including phenoxy) is 2. The highest BCUT2D eigenvalue weighted by atomic mass is 19.1. The van der Waals surface area contributed by atoms with Crippen LogP contribution in [0, 0.1) is 25.5 Å². The monoisotopic (exact) mass is 761 g/mol. The molecule has 13 nitrogen and oxygen atoms in total. The van der Waals surface area contributed by atoms with Crippen LogP contribution in [0.1, 0.15) is 60.1 Å². The molecule has 1 saturated carbocycles. The molecule has 4 heterocycles. The standard InChI is InChI=1S/C40H49F2N7O6/c1-25-6-7-28(20-26(25)2)43-33-22-34(50)48(40(53)44-33)11-5-4-10-46-12-13-47(23-27(46)3)37-32(41)21-30-36(35(37)42)49(29-8-9-29)24-31(38(30)51)39(52)55-19-16-45-14-17-54-18-15-45/h6-7,20-22,24,27,29,43H,4-5,8-19,23H2,1-3H3,(H,44,53)/t27-/m1/s1. The molecule has 0 amide bonds. The molecule has 0 radical (unpaired) electrons. The molecule has 7 rings (SSSR count). The Balaban J connectivity index is 0.974. The molecule has 0 spiro atoms. The van der Waals surface area contributed by atoms with Crippen LogP contribution in [0.15, 0.2) is 50.9 Å². The second-order valence-corrected chi connectivity index (χ2v) is 15.0. The highest BCUT2D eigenvalue weighted by Crippen LogP contribution is 2.40. The minimum atomic E-state index is -0.853. The van der Waals surface area contributed by atoms with Gasteiger partial charge in [-0.15, -0.1) is 0 Å². The predicted molar refractivity (Wildman–Crippen MR) is 207 cm³/mol. The molecular weight excluding hydrogens is 712 g/mol. The number of nitrogens with one attached hydrogen (secondary N) is 2. The smallest absolute Gasteiger partial charge is 0.343 e. The zero-order chi connectivity index (χ0) is 38.8. The van der Waals surface area contributed by atoms with E-state index in [-0.39, 0.29) is 52.9 Å². The largest absolute Gasteiger partial charge is 0.461 e. The number of hydrogen-bond acceptors (Lipinski definition) is 10. The van der Waals surface area contributed by atoms with Crippen molar-refractivity contribution in [3.8, 4) is 0 Å². The minimum absolute atomic E-state index is 0.00291. The number of aryl methyl sites for hydroxylation is 2. The molecule has 0 bridgehead atoms. The maximum absolute atomic E-state index is 16.5. The number of anilines is 3. The lowest BCUT2D eigenvalue weighted by Crippen LogP contribution is -2.52. The predicted octanol–water partition coefficient (Wildman–Crippen LogP) is 4.30. The SMILES string of the molecule is Cc1ccc(Nc2cc(=O)n(CCCCN3CCN(c4c(F)cc5c(=O)c(C(=O)OCCN6CCOCC6)cn(C6CC6)c5c4F)C[C@H]3C)c(=O)[nH]2)cc1C. The fourth-order valence-electron chi connectivity index (χ4n) is 7.57. The summed E-state index contributed by atoms with van der Waals surface area (Å²) in [6.07, 6.45) is 4.19. The van der Waals surface area contributed by atoms with Crippen LogP contribution in [0.5, 0.6) is 0 Å². The van der Waals surface area contributed by atoms with E-state index in [4.69, 9.17) is 9.47 Å². The number of carbonyl (C=O) groups excluding carboxylic acids is 1. The fourth-order valence-corrected chi connectivity index (χ4v) is 7.57. The van der Waals surface area contributed by atoms with E-state index >= 15 is 8.78 Å². The molecule has 2 saturated heterocycles. The number of piperazine rings is 1. The molecule has 4 aromatic rings. The Morgan fingerprint density at radius 1 is 0.964 bits per heavy atom. The Morgan fingerprint density at radius 3 is 2.44 bits per heavy atom. The van der Waals surface area contributed by atoms with Gasteiger partial charge in [0.15, 0.2) is 5.82 Å². The van der Waals surface area contributed by atoms with Crippen molar-refractivity contribution in [2.45, 2.75) is 65.1 Å². The molecule has 55 heavy (non-hydrogen) atoms. The maximum atomic E-state index is 16.5. The number of hydrogen-bond donors (Lipinski definition) is 2. The molecule has 294 valence electrons. The van der Waals surface area contributed by atoms with Gasteiger partial charge in [-0.25, -0.2) is 18.4 Å². The average Bonchev–Trinajstić information content (AvgIpc) is 4.00. The lowest BCUT2D eigenvalue weighted by Gasteiger charge is -2.41. The first-order chi connectivity index (χ1) is 26.5. The lowest BCUT2D eigenvalue weighted by atomic mass is 10.1. The first-order valence-electron chi connectivity index (χ1n) is 19.2. The van der Waals surface area contributed by atoms with E-state index in [1.54, 1.807) is 9.47 Å². The van der Waals surface area contributed by atoms with Crippen molar-refractivity contribution in [2.24, 2.45) is 0 Å². The Bertz CT molecular complexity index is 2210. The van der Waals surface area contributed by atoms with Gasteiger partial charge in [0.05, 0.1) is 24.1 Å². The third kappa shape index (κ3) is 8.53. The summed E-state index contributed by atoms with van der Waals surface area (Å²) < 4.78 is 46.0. The Kier molecular flexibility index (Phi) is 11.5. The number of rotatable bonds is 13. The number of aromatic nitrogens is 3. The molecule has 3 fully saturated rings. The molecule has 2 N–H and O–H groups in total. The summed E-state index contributed by atoms with van der Waals surface area (Å²) in [5.74, 6) is -2.13. The van der Waals surface area contributed by atoms with Gasteiger partial charge < -0.3 is 24.3 Å². The first-order valence-corrected chi connectivity index (χ1v) is 19.2.